The Morgan fingerprint density at radius 3 is 2.43 bits per heavy atom. The Balaban J connectivity index is 3.24. The van der Waals surface area contributed by atoms with E-state index in [1.165, 1.54) is 12.1 Å². The largest absolute Gasteiger partial charge is 0.385 e. The first-order chi connectivity index (χ1) is 6.35. The molecule has 0 amide bonds. The molecule has 0 aliphatic rings. The maximum Gasteiger partial charge on any atom is 0.123 e. The number of hydrogen-bond acceptors (Lipinski definition) is 1. The van der Waals surface area contributed by atoms with Crippen LogP contribution in [0, 0.1) is 18.7 Å². The minimum atomic E-state index is -0.966. The summed E-state index contributed by atoms with van der Waals surface area (Å²) < 4.78 is 13.0. The van der Waals surface area contributed by atoms with Gasteiger partial charge in [0.2, 0.25) is 0 Å². The van der Waals surface area contributed by atoms with Gasteiger partial charge in [-0.2, -0.15) is 0 Å². The molecule has 14 heavy (non-hydrogen) atoms. The van der Waals surface area contributed by atoms with Crippen LogP contribution in [0.4, 0.5) is 4.39 Å². The Bertz CT molecular complexity index is 329. The fourth-order valence-corrected chi connectivity index (χ4v) is 1.45. The minimum Gasteiger partial charge on any atom is -0.385 e. The van der Waals surface area contributed by atoms with Gasteiger partial charge in [0.05, 0.1) is 5.60 Å². The van der Waals surface area contributed by atoms with Gasteiger partial charge in [-0.1, -0.05) is 19.9 Å². The first kappa shape index (κ1) is 11.2. The van der Waals surface area contributed by atoms with E-state index in [0.717, 1.165) is 5.56 Å². The van der Waals surface area contributed by atoms with Crippen LogP contribution in [0.5, 0.6) is 0 Å². The van der Waals surface area contributed by atoms with Crippen molar-refractivity contribution in [3.05, 3.63) is 35.1 Å². The lowest BCUT2D eigenvalue weighted by Gasteiger charge is -2.29. The van der Waals surface area contributed by atoms with Crippen molar-refractivity contribution in [1.82, 2.24) is 0 Å². The highest BCUT2D eigenvalue weighted by Crippen LogP contribution is 2.31. The third-order valence-electron chi connectivity index (χ3n) is 2.87. The van der Waals surface area contributed by atoms with Gasteiger partial charge in [-0.05, 0) is 43.0 Å². The SMILES string of the molecule is Cc1ccc(F)cc1[C@](C)(O)C(C)C. The van der Waals surface area contributed by atoms with Crippen LogP contribution in [-0.2, 0) is 5.60 Å². The molecule has 0 saturated carbocycles. The molecule has 0 aliphatic heterocycles. The summed E-state index contributed by atoms with van der Waals surface area (Å²) in [4.78, 5) is 0. The Hall–Kier alpha value is -0.890. The third-order valence-corrected chi connectivity index (χ3v) is 2.87. The first-order valence-corrected chi connectivity index (χ1v) is 4.84. The molecule has 78 valence electrons. The van der Waals surface area contributed by atoms with Crippen LogP contribution < -0.4 is 0 Å². The molecule has 0 radical (unpaired) electrons. The number of rotatable bonds is 2. The molecule has 1 N–H and O–H groups in total. The molecule has 1 nitrogen and oxygen atoms in total. The molecule has 2 heteroatoms. The van der Waals surface area contributed by atoms with Crippen molar-refractivity contribution < 1.29 is 9.50 Å². The molecule has 1 aromatic rings. The number of halogens is 1. The van der Waals surface area contributed by atoms with Crippen LogP contribution in [0.25, 0.3) is 0 Å². The Morgan fingerprint density at radius 2 is 1.93 bits per heavy atom. The molecular weight excluding hydrogens is 179 g/mol. The van der Waals surface area contributed by atoms with Gasteiger partial charge in [0, 0.05) is 0 Å². The molecule has 0 saturated heterocycles. The molecule has 1 atom stereocenters. The fourth-order valence-electron chi connectivity index (χ4n) is 1.45. The van der Waals surface area contributed by atoms with Gasteiger partial charge in [-0.15, -0.1) is 0 Å². The summed E-state index contributed by atoms with van der Waals surface area (Å²) in [7, 11) is 0. The molecule has 0 fully saturated rings. The van der Waals surface area contributed by atoms with Crippen LogP contribution >= 0.6 is 0 Å². The van der Waals surface area contributed by atoms with Gasteiger partial charge < -0.3 is 5.11 Å². The summed E-state index contributed by atoms with van der Waals surface area (Å²) in [5, 5.41) is 10.2. The van der Waals surface area contributed by atoms with E-state index in [1.807, 2.05) is 20.8 Å². The number of aryl methyl sites for hydroxylation is 1. The second kappa shape index (κ2) is 3.70. The van der Waals surface area contributed by atoms with Crippen molar-refractivity contribution in [3.8, 4) is 0 Å². The van der Waals surface area contributed by atoms with Crippen LogP contribution in [0.3, 0.4) is 0 Å². The normalized spacial score (nSPS) is 15.6. The van der Waals surface area contributed by atoms with Gasteiger partial charge in [-0.25, -0.2) is 4.39 Å². The topological polar surface area (TPSA) is 20.2 Å². The van der Waals surface area contributed by atoms with E-state index >= 15 is 0 Å². The summed E-state index contributed by atoms with van der Waals surface area (Å²) in [6, 6.07) is 4.52. The minimum absolute atomic E-state index is 0.0583. The number of aliphatic hydroxyl groups is 1. The van der Waals surface area contributed by atoms with Crippen molar-refractivity contribution in [2.45, 2.75) is 33.3 Å². The molecule has 0 unspecified atom stereocenters. The highest BCUT2D eigenvalue weighted by atomic mass is 19.1. The van der Waals surface area contributed by atoms with Crippen molar-refractivity contribution in [1.29, 1.82) is 0 Å². The Labute approximate surface area is 84.6 Å². The van der Waals surface area contributed by atoms with E-state index in [4.69, 9.17) is 0 Å². The van der Waals surface area contributed by atoms with E-state index in [9.17, 15) is 9.50 Å². The highest BCUT2D eigenvalue weighted by Gasteiger charge is 2.28. The average Bonchev–Trinajstić information content (AvgIpc) is 2.08. The fraction of sp³-hybridized carbons (Fsp3) is 0.500. The zero-order valence-corrected chi connectivity index (χ0v) is 9.13. The summed E-state index contributed by atoms with van der Waals surface area (Å²) in [6.07, 6.45) is 0. The smallest absolute Gasteiger partial charge is 0.123 e. The lowest BCUT2D eigenvalue weighted by Crippen LogP contribution is -2.29. The average molecular weight is 196 g/mol. The molecule has 1 rings (SSSR count). The van der Waals surface area contributed by atoms with Crippen LogP contribution in [-0.4, -0.2) is 5.11 Å². The molecule has 0 bridgehead atoms. The Kier molecular flexibility index (Phi) is 2.95. The quantitative estimate of drug-likeness (QED) is 0.771. The van der Waals surface area contributed by atoms with Crippen LogP contribution in [0.1, 0.15) is 31.9 Å². The Morgan fingerprint density at radius 1 is 1.36 bits per heavy atom. The van der Waals surface area contributed by atoms with Crippen LogP contribution in [0.15, 0.2) is 18.2 Å². The highest BCUT2D eigenvalue weighted by molar-refractivity contribution is 5.31. The predicted molar refractivity (Wildman–Crippen MR) is 55.5 cm³/mol. The molecule has 0 heterocycles. The predicted octanol–water partition coefficient (Wildman–Crippen LogP) is 3.00. The van der Waals surface area contributed by atoms with Gasteiger partial charge >= 0.3 is 0 Å². The molecular formula is C12H17FO. The lowest BCUT2D eigenvalue weighted by molar-refractivity contribution is 0.00820. The maximum absolute atomic E-state index is 13.0. The van der Waals surface area contributed by atoms with Gasteiger partial charge in [0.15, 0.2) is 0 Å². The van der Waals surface area contributed by atoms with Gasteiger partial charge in [-0.3, -0.25) is 0 Å². The van der Waals surface area contributed by atoms with Crippen LogP contribution in [0.2, 0.25) is 0 Å². The van der Waals surface area contributed by atoms with Gasteiger partial charge in [0.1, 0.15) is 5.82 Å². The molecule has 0 spiro atoms. The summed E-state index contributed by atoms with van der Waals surface area (Å²) in [5.41, 5.74) is 0.629. The van der Waals surface area contributed by atoms with E-state index in [0.29, 0.717) is 5.56 Å². The van der Waals surface area contributed by atoms with Crippen molar-refractivity contribution in [3.63, 3.8) is 0 Å². The second-order valence-corrected chi connectivity index (χ2v) is 4.26. The van der Waals surface area contributed by atoms with E-state index in [1.54, 1.807) is 13.0 Å². The van der Waals surface area contributed by atoms with E-state index < -0.39 is 5.60 Å². The summed E-state index contributed by atoms with van der Waals surface area (Å²) in [5.74, 6) is -0.241. The summed E-state index contributed by atoms with van der Waals surface area (Å²) >= 11 is 0. The third kappa shape index (κ3) is 1.95. The van der Waals surface area contributed by atoms with Gasteiger partial charge in [0.25, 0.3) is 0 Å². The molecule has 1 aromatic carbocycles. The number of hydrogen-bond donors (Lipinski definition) is 1. The monoisotopic (exact) mass is 196 g/mol. The lowest BCUT2D eigenvalue weighted by atomic mass is 9.83. The first-order valence-electron chi connectivity index (χ1n) is 4.84. The second-order valence-electron chi connectivity index (χ2n) is 4.26. The van der Waals surface area contributed by atoms with Crippen molar-refractivity contribution >= 4 is 0 Å². The van der Waals surface area contributed by atoms with E-state index in [2.05, 4.69) is 0 Å². The molecule has 0 aliphatic carbocycles. The number of benzene rings is 1. The summed E-state index contributed by atoms with van der Waals surface area (Å²) in [6.45, 7) is 7.44. The van der Waals surface area contributed by atoms with Crippen molar-refractivity contribution in [2.24, 2.45) is 5.92 Å². The standard InChI is InChI=1S/C12H17FO/c1-8(2)12(4,14)11-7-10(13)6-5-9(11)3/h5-8,14H,1-4H3/t12-/m1/s1. The molecule has 0 aromatic heterocycles. The maximum atomic E-state index is 13.0. The van der Waals surface area contributed by atoms with Crippen molar-refractivity contribution in [2.75, 3.05) is 0 Å². The zero-order chi connectivity index (χ0) is 10.9. The van der Waals surface area contributed by atoms with E-state index in [-0.39, 0.29) is 11.7 Å². The zero-order valence-electron chi connectivity index (χ0n) is 9.13.